The van der Waals surface area contributed by atoms with Crippen LogP contribution in [-0.4, -0.2) is 12.0 Å². The third kappa shape index (κ3) is 2.65. The first-order chi connectivity index (χ1) is 8.20. The second-order valence-corrected chi connectivity index (χ2v) is 3.74. The van der Waals surface area contributed by atoms with Crippen LogP contribution in [-0.2, 0) is 6.54 Å². The molecule has 0 bridgehead atoms. The number of hydrogen-bond acceptors (Lipinski definition) is 2. The second kappa shape index (κ2) is 5.01. The van der Waals surface area contributed by atoms with Gasteiger partial charge >= 0.3 is 0 Å². The molecule has 0 saturated heterocycles. The van der Waals surface area contributed by atoms with Crippen molar-refractivity contribution in [2.75, 3.05) is 7.05 Å². The minimum absolute atomic E-state index is 0.366. The summed E-state index contributed by atoms with van der Waals surface area (Å²) < 4.78 is 26.7. The summed E-state index contributed by atoms with van der Waals surface area (Å²) >= 11 is 0. The molecule has 0 atom stereocenters. The highest BCUT2D eigenvalue weighted by Gasteiger charge is 2.07. The number of nitrogens with one attached hydrogen (secondary N) is 1. The lowest BCUT2D eigenvalue weighted by molar-refractivity contribution is 0.619. The Morgan fingerprint density at radius 2 is 2.00 bits per heavy atom. The molecule has 1 N–H and O–H groups in total. The van der Waals surface area contributed by atoms with Crippen LogP contribution >= 0.6 is 0 Å². The van der Waals surface area contributed by atoms with Crippen molar-refractivity contribution >= 4 is 0 Å². The zero-order valence-electron chi connectivity index (χ0n) is 9.37. The number of benzene rings is 1. The monoisotopic (exact) mass is 234 g/mol. The molecule has 1 aromatic carbocycles. The van der Waals surface area contributed by atoms with Gasteiger partial charge in [0.05, 0.1) is 6.20 Å². The molecule has 0 spiro atoms. The van der Waals surface area contributed by atoms with Crippen molar-refractivity contribution in [1.29, 1.82) is 0 Å². The maximum absolute atomic E-state index is 13.7. The predicted octanol–water partition coefficient (Wildman–Crippen LogP) is 2.75. The van der Waals surface area contributed by atoms with E-state index in [-0.39, 0.29) is 5.82 Å². The molecule has 88 valence electrons. The molecule has 0 aliphatic heterocycles. The lowest BCUT2D eigenvalue weighted by atomic mass is 10.0. The molecule has 0 saturated carbocycles. The highest BCUT2D eigenvalue weighted by Crippen LogP contribution is 2.23. The van der Waals surface area contributed by atoms with E-state index in [1.54, 1.807) is 12.1 Å². The van der Waals surface area contributed by atoms with Crippen molar-refractivity contribution in [3.8, 4) is 11.1 Å². The average Bonchev–Trinajstić information content (AvgIpc) is 2.32. The van der Waals surface area contributed by atoms with E-state index < -0.39 is 5.82 Å². The number of halogens is 2. The Kier molecular flexibility index (Phi) is 3.44. The van der Waals surface area contributed by atoms with Crippen LogP contribution in [0.4, 0.5) is 8.78 Å². The van der Waals surface area contributed by atoms with Gasteiger partial charge in [0.25, 0.3) is 0 Å². The largest absolute Gasteiger partial charge is 0.316 e. The Hall–Kier alpha value is -1.81. The van der Waals surface area contributed by atoms with E-state index in [1.165, 1.54) is 18.3 Å². The van der Waals surface area contributed by atoms with Crippen LogP contribution in [0.5, 0.6) is 0 Å². The molecule has 2 rings (SSSR count). The number of nitrogens with zero attached hydrogens (tertiary/aromatic N) is 1. The summed E-state index contributed by atoms with van der Waals surface area (Å²) in [6.45, 7) is 0.635. The van der Waals surface area contributed by atoms with Gasteiger partial charge in [-0.25, -0.2) is 8.78 Å². The molecule has 0 unspecified atom stereocenters. The van der Waals surface area contributed by atoms with Crippen molar-refractivity contribution in [2.45, 2.75) is 6.54 Å². The van der Waals surface area contributed by atoms with E-state index in [2.05, 4.69) is 10.3 Å². The number of pyridine rings is 1. The highest BCUT2D eigenvalue weighted by molar-refractivity contribution is 5.64. The van der Waals surface area contributed by atoms with Crippen molar-refractivity contribution in [2.24, 2.45) is 0 Å². The molecular weight excluding hydrogens is 222 g/mol. The van der Waals surface area contributed by atoms with Gasteiger partial charge in [-0.2, -0.15) is 0 Å². The molecule has 2 aromatic rings. The van der Waals surface area contributed by atoms with E-state index in [0.717, 1.165) is 11.8 Å². The maximum Gasteiger partial charge on any atom is 0.142 e. The van der Waals surface area contributed by atoms with Crippen molar-refractivity contribution in [3.05, 3.63) is 53.9 Å². The number of rotatable bonds is 3. The molecule has 1 heterocycles. The van der Waals surface area contributed by atoms with Gasteiger partial charge in [0.15, 0.2) is 0 Å². The molecule has 0 amide bonds. The molecule has 0 radical (unpaired) electrons. The minimum Gasteiger partial charge on any atom is -0.316 e. The van der Waals surface area contributed by atoms with Gasteiger partial charge in [-0.05, 0) is 30.8 Å². The summed E-state index contributed by atoms with van der Waals surface area (Å²) in [5.74, 6) is -0.849. The van der Waals surface area contributed by atoms with Crippen LogP contribution in [0.15, 0.2) is 36.7 Å². The summed E-state index contributed by atoms with van der Waals surface area (Å²) in [6.07, 6.45) is 2.55. The van der Waals surface area contributed by atoms with Gasteiger partial charge in [0.1, 0.15) is 11.6 Å². The summed E-state index contributed by atoms with van der Waals surface area (Å²) in [4.78, 5) is 3.72. The van der Waals surface area contributed by atoms with E-state index >= 15 is 0 Å². The lowest BCUT2D eigenvalue weighted by Crippen LogP contribution is -2.05. The van der Waals surface area contributed by atoms with Crippen LogP contribution < -0.4 is 5.32 Å². The normalized spacial score (nSPS) is 10.5. The summed E-state index contributed by atoms with van der Waals surface area (Å²) in [7, 11) is 1.81. The van der Waals surface area contributed by atoms with Crippen LogP contribution in [0, 0.1) is 11.6 Å². The standard InChI is InChI=1S/C13H12F2N2/c1-16-6-9-2-3-13(15)12(4-9)10-5-11(14)8-17-7-10/h2-5,7-8,16H,6H2,1H3. The third-order valence-corrected chi connectivity index (χ3v) is 2.43. The molecule has 17 heavy (non-hydrogen) atoms. The summed E-state index contributed by atoms with van der Waals surface area (Å²) in [6, 6.07) is 6.05. The smallest absolute Gasteiger partial charge is 0.142 e. The van der Waals surface area contributed by atoms with Gasteiger partial charge in [-0.15, -0.1) is 0 Å². The fraction of sp³-hybridized carbons (Fsp3) is 0.154. The van der Waals surface area contributed by atoms with Crippen LogP contribution in [0.25, 0.3) is 11.1 Å². The first kappa shape index (κ1) is 11.7. The molecule has 4 heteroatoms. The SMILES string of the molecule is CNCc1ccc(F)c(-c2cncc(F)c2)c1. The lowest BCUT2D eigenvalue weighted by Gasteiger charge is -2.06. The quantitative estimate of drug-likeness (QED) is 0.883. The Bertz CT molecular complexity index is 527. The number of aromatic nitrogens is 1. The fourth-order valence-electron chi connectivity index (χ4n) is 1.67. The first-order valence-electron chi connectivity index (χ1n) is 5.24. The average molecular weight is 234 g/mol. The first-order valence-corrected chi connectivity index (χ1v) is 5.24. The van der Waals surface area contributed by atoms with Crippen LogP contribution in [0.3, 0.4) is 0 Å². The van der Waals surface area contributed by atoms with Crippen molar-refractivity contribution in [1.82, 2.24) is 10.3 Å². The van der Waals surface area contributed by atoms with Gasteiger partial charge in [-0.1, -0.05) is 6.07 Å². The molecular formula is C13H12F2N2. The van der Waals surface area contributed by atoms with Gasteiger partial charge < -0.3 is 5.32 Å². The molecule has 2 nitrogen and oxygen atoms in total. The van der Waals surface area contributed by atoms with Crippen molar-refractivity contribution < 1.29 is 8.78 Å². The molecule has 1 aromatic heterocycles. The third-order valence-electron chi connectivity index (χ3n) is 2.43. The Morgan fingerprint density at radius 1 is 1.18 bits per heavy atom. The predicted molar refractivity (Wildman–Crippen MR) is 62.4 cm³/mol. The Labute approximate surface area is 98.3 Å². The van der Waals surface area contributed by atoms with E-state index in [9.17, 15) is 8.78 Å². The molecule has 0 aliphatic carbocycles. The Morgan fingerprint density at radius 3 is 2.71 bits per heavy atom. The fourth-order valence-corrected chi connectivity index (χ4v) is 1.67. The second-order valence-electron chi connectivity index (χ2n) is 3.74. The molecule has 0 aliphatic rings. The zero-order chi connectivity index (χ0) is 12.3. The topological polar surface area (TPSA) is 24.9 Å². The van der Waals surface area contributed by atoms with Crippen molar-refractivity contribution in [3.63, 3.8) is 0 Å². The minimum atomic E-state index is -0.471. The molecule has 0 fully saturated rings. The van der Waals surface area contributed by atoms with Crippen LogP contribution in [0.2, 0.25) is 0 Å². The number of hydrogen-bond donors (Lipinski definition) is 1. The Balaban J connectivity index is 2.46. The zero-order valence-corrected chi connectivity index (χ0v) is 9.37. The summed E-state index contributed by atoms with van der Waals surface area (Å²) in [5.41, 5.74) is 1.75. The van der Waals surface area contributed by atoms with E-state index in [1.807, 2.05) is 7.05 Å². The van der Waals surface area contributed by atoms with Crippen LogP contribution in [0.1, 0.15) is 5.56 Å². The van der Waals surface area contributed by atoms with Gasteiger partial charge in [0, 0.05) is 23.9 Å². The van der Waals surface area contributed by atoms with Gasteiger partial charge in [0.2, 0.25) is 0 Å². The van der Waals surface area contributed by atoms with E-state index in [4.69, 9.17) is 0 Å². The summed E-state index contributed by atoms with van der Waals surface area (Å²) in [5, 5.41) is 2.98. The van der Waals surface area contributed by atoms with Gasteiger partial charge in [-0.3, -0.25) is 4.98 Å². The highest BCUT2D eigenvalue weighted by atomic mass is 19.1. The maximum atomic E-state index is 13.7. The van der Waals surface area contributed by atoms with E-state index in [0.29, 0.717) is 17.7 Å².